The van der Waals surface area contributed by atoms with Crippen LogP contribution in [0, 0.1) is 0 Å². The van der Waals surface area contributed by atoms with Gasteiger partial charge < -0.3 is 20.4 Å². The van der Waals surface area contributed by atoms with Crippen LogP contribution in [0.4, 0.5) is 0 Å². The smallest absolute Gasteiger partial charge is 0.337 e. The van der Waals surface area contributed by atoms with Gasteiger partial charge in [-0.25, -0.2) is 19.2 Å². The normalized spacial score (nSPS) is 11.4. The van der Waals surface area contributed by atoms with Crippen molar-refractivity contribution in [2.45, 2.75) is 12.8 Å². The Hall–Kier alpha value is -6.54. The Balaban J connectivity index is 0.000000132. The lowest BCUT2D eigenvalue weighted by atomic mass is 9.88. The van der Waals surface area contributed by atoms with Gasteiger partial charge in [0.2, 0.25) is 0 Å². The SMILES string of the molecule is O=C(O)c1c(C(=O)O)c(C(=O)O)c2ccccc2c1C(=O)O.c1ccc2c(c1)Cc1ccccc1-2.c1ccc2c(c1)Cc1ccccc1-2. The summed E-state index contributed by atoms with van der Waals surface area (Å²) in [5.41, 5.74) is 7.87. The minimum atomic E-state index is -1.83. The number of carboxylic acid groups (broad SMARTS) is 4. The van der Waals surface area contributed by atoms with Crippen LogP contribution < -0.4 is 0 Å². The molecule has 6 aromatic rings. The lowest BCUT2D eigenvalue weighted by Crippen LogP contribution is -2.20. The number of carbonyl (C=O) groups is 4. The van der Waals surface area contributed by atoms with Gasteiger partial charge in [0.1, 0.15) is 0 Å². The van der Waals surface area contributed by atoms with Gasteiger partial charge in [-0.1, -0.05) is 121 Å². The molecule has 4 N–H and O–H groups in total. The molecule has 2 aliphatic carbocycles. The zero-order valence-corrected chi connectivity index (χ0v) is 25.4. The quantitative estimate of drug-likeness (QED) is 0.151. The lowest BCUT2D eigenvalue weighted by Gasteiger charge is -2.14. The molecule has 0 bridgehead atoms. The number of hydrogen-bond donors (Lipinski definition) is 4. The van der Waals surface area contributed by atoms with Gasteiger partial charge in [-0.05, 0) is 68.1 Å². The Morgan fingerprint density at radius 1 is 0.333 bits per heavy atom. The first-order valence-corrected chi connectivity index (χ1v) is 15.0. The van der Waals surface area contributed by atoms with Gasteiger partial charge in [0.15, 0.2) is 0 Å². The molecule has 48 heavy (non-hydrogen) atoms. The average Bonchev–Trinajstić information content (AvgIpc) is 3.66. The van der Waals surface area contributed by atoms with Crippen molar-refractivity contribution >= 4 is 34.6 Å². The summed E-state index contributed by atoms with van der Waals surface area (Å²) in [6.07, 6.45) is 2.21. The summed E-state index contributed by atoms with van der Waals surface area (Å²) in [6.45, 7) is 0. The summed E-state index contributed by atoms with van der Waals surface area (Å²) in [5.74, 6) is -6.98. The standard InChI is InChI=1S/C14H8O8.2C13H10/c15-11(16)7-5-3-1-2-4-6(5)8(12(17)18)10(14(21)22)9(7)13(19)20;2*1-3-7-12-10(5-1)9-11-6-2-4-8-13(11)12/h1-4H,(H,15,16)(H,17,18)(H,19,20)(H,21,22);2*1-8H,9H2. The van der Waals surface area contributed by atoms with Crippen molar-refractivity contribution in [3.05, 3.63) is 166 Å². The van der Waals surface area contributed by atoms with E-state index in [1.165, 1.54) is 68.8 Å². The molecule has 0 heterocycles. The molecular weight excluding hydrogens is 608 g/mol. The van der Waals surface area contributed by atoms with E-state index in [1.807, 2.05) is 0 Å². The van der Waals surface area contributed by atoms with Crippen molar-refractivity contribution in [3.8, 4) is 22.3 Å². The van der Waals surface area contributed by atoms with Crippen LogP contribution in [0.2, 0.25) is 0 Å². The third kappa shape index (κ3) is 5.78. The molecule has 0 unspecified atom stereocenters. The first kappa shape index (κ1) is 31.4. The monoisotopic (exact) mass is 636 g/mol. The molecule has 0 aliphatic heterocycles. The summed E-state index contributed by atoms with van der Waals surface area (Å²) in [6, 6.07) is 39.9. The summed E-state index contributed by atoms with van der Waals surface area (Å²) >= 11 is 0. The van der Waals surface area contributed by atoms with Crippen molar-refractivity contribution in [2.24, 2.45) is 0 Å². The second-order valence-corrected chi connectivity index (χ2v) is 11.2. The van der Waals surface area contributed by atoms with Gasteiger partial charge in [0, 0.05) is 0 Å². The molecule has 0 fully saturated rings. The summed E-state index contributed by atoms with van der Waals surface area (Å²) in [4.78, 5) is 45.5. The second kappa shape index (κ2) is 13.1. The van der Waals surface area contributed by atoms with E-state index in [0.29, 0.717) is 0 Å². The first-order valence-electron chi connectivity index (χ1n) is 15.0. The average molecular weight is 637 g/mol. The van der Waals surface area contributed by atoms with Crippen LogP contribution in [0.1, 0.15) is 63.7 Å². The fraction of sp³-hybridized carbons (Fsp3) is 0.0500. The van der Waals surface area contributed by atoms with Crippen LogP contribution >= 0.6 is 0 Å². The van der Waals surface area contributed by atoms with Crippen molar-refractivity contribution in [1.29, 1.82) is 0 Å². The maximum Gasteiger partial charge on any atom is 0.337 e. The Morgan fingerprint density at radius 2 is 0.562 bits per heavy atom. The third-order valence-corrected chi connectivity index (χ3v) is 8.48. The van der Waals surface area contributed by atoms with Gasteiger partial charge in [-0.15, -0.1) is 0 Å². The number of carboxylic acids is 4. The molecule has 0 amide bonds. The predicted molar refractivity (Wildman–Crippen MR) is 181 cm³/mol. The zero-order chi connectivity index (χ0) is 33.9. The van der Waals surface area contributed by atoms with Gasteiger partial charge >= 0.3 is 23.9 Å². The van der Waals surface area contributed by atoms with Crippen molar-refractivity contribution in [2.75, 3.05) is 0 Å². The van der Waals surface area contributed by atoms with E-state index in [0.717, 1.165) is 12.8 Å². The molecule has 0 saturated heterocycles. The number of rotatable bonds is 4. The molecule has 0 radical (unpaired) electrons. The fourth-order valence-corrected chi connectivity index (χ4v) is 6.47. The van der Waals surface area contributed by atoms with Crippen LogP contribution in [-0.2, 0) is 12.8 Å². The van der Waals surface area contributed by atoms with Crippen LogP contribution in [-0.4, -0.2) is 44.3 Å². The Bertz CT molecular complexity index is 2020. The third-order valence-electron chi connectivity index (χ3n) is 8.48. The summed E-state index contributed by atoms with van der Waals surface area (Å²) in [5, 5.41) is 36.6. The molecule has 0 spiro atoms. The Kier molecular flexibility index (Phi) is 8.55. The molecule has 2 aliphatic rings. The molecule has 8 rings (SSSR count). The fourth-order valence-electron chi connectivity index (χ4n) is 6.47. The highest BCUT2D eigenvalue weighted by molar-refractivity contribution is 6.23. The number of aromatic carboxylic acids is 4. The number of benzene rings is 6. The highest BCUT2D eigenvalue weighted by Crippen LogP contribution is 2.37. The zero-order valence-electron chi connectivity index (χ0n) is 25.4. The minimum absolute atomic E-state index is 0.158. The van der Waals surface area contributed by atoms with Crippen molar-refractivity contribution in [1.82, 2.24) is 0 Å². The van der Waals surface area contributed by atoms with Crippen LogP contribution in [0.3, 0.4) is 0 Å². The molecule has 0 atom stereocenters. The molecule has 0 aromatic heterocycles. The van der Waals surface area contributed by atoms with Crippen molar-refractivity contribution < 1.29 is 39.6 Å². The topological polar surface area (TPSA) is 149 Å². The van der Waals surface area contributed by atoms with E-state index in [1.54, 1.807) is 0 Å². The largest absolute Gasteiger partial charge is 0.478 e. The number of hydrogen-bond acceptors (Lipinski definition) is 4. The lowest BCUT2D eigenvalue weighted by molar-refractivity contribution is 0.0621. The van der Waals surface area contributed by atoms with Crippen LogP contribution in [0.25, 0.3) is 33.0 Å². The predicted octanol–water partition coefficient (Wildman–Crippen LogP) is 8.15. The van der Waals surface area contributed by atoms with E-state index in [4.69, 9.17) is 0 Å². The second-order valence-electron chi connectivity index (χ2n) is 11.2. The van der Waals surface area contributed by atoms with Gasteiger partial charge in [-0.2, -0.15) is 0 Å². The molecular formula is C40H28O8. The van der Waals surface area contributed by atoms with Gasteiger partial charge in [-0.3, -0.25) is 0 Å². The van der Waals surface area contributed by atoms with Gasteiger partial charge in [0.25, 0.3) is 0 Å². The highest BCUT2D eigenvalue weighted by atomic mass is 16.4. The molecule has 6 aromatic carbocycles. The van der Waals surface area contributed by atoms with E-state index >= 15 is 0 Å². The molecule has 8 nitrogen and oxygen atoms in total. The minimum Gasteiger partial charge on any atom is -0.478 e. The first-order chi connectivity index (χ1) is 23.2. The summed E-state index contributed by atoms with van der Waals surface area (Å²) < 4.78 is 0. The number of fused-ring (bicyclic) bond motifs is 7. The van der Waals surface area contributed by atoms with E-state index in [-0.39, 0.29) is 10.8 Å². The van der Waals surface area contributed by atoms with Crippen LogP contribution in [0.15, 0.2) is 121 Å². The van der Waals surface area contributed by atoms with E-state index in [2.05, 4.69) is 97.1 Å². The van der Waals surface area contributed by atoms with E-state index < -0.39 is 46.1 Å². The Morgan fingerprint density at radius 3 is 0.812 bits per heavy atom. The molecule has 0 saturated carbocycles. The molecule has 236 valence electrons. The highest BCUT2D eigenvalue weighted by Gasteiger charge is 2.33. The van der Waals surface area contributed by atoms with Crippen LogP contribution in [0.5, 0.6) is 0 Å². The van der Waals surface area contributed by atoms with Crippen molar-refractivity contribution in [3.63, 3.8) is 0 Å². The molecule has 8 heteroatoms. The van der Waals surface area contributed by atoms with E-state index in [9.17, 15) is 39.6 Å². The maximum atomic E-state index is 11.4. The maximum absolute atomic E-state index is 11.4. The Labute approximate surface area is 274 Å². The van der Waals surface area contributed by atoms with Gasteiger partial charge in [0.05, 0.1) is 22.3 Å². The summed E-state index contributed by atoms with van der Waals surface area (Å²) in [7, 11) is 0.